The lowest BCUT2D eigenvalue weighted by atomic mass is 9.89. The third-order valence-corrected chi connectivity index (χ3v) is 16.1. The standard InChI is InChI=1S/2C30H40FN3O4.CH4/c2*1-30(31)15-13-26(38-20-30)24-9-2-3-10-25(24)27(29(35)36)34-17-14-23(19-34)37-18-5-4-8-22-12-11-21-7-6-16-32-28(21)33-22;/h2*2-3,9-12,23,26-27H,4-8,13-20H2,1H3,(H,32,33)(H,35,36);1H4/t23-,26?,27+,30?;23-,26?,27-,30?;/m11./s1. The number of ether oxygens (including phenoxy) is 4. The summed E-state index contributed by atoms with van der Waals surface area (Å²) < 4.78 is 52.6. The molecule has 0 radical (unpaired) electrons. The van der Waals surface area contributed by atoms with E-state index in [0.717, 1.165) is 123 Å². The van der Waals surface area contributed by atoms with Crippen LogP contribution in [0.3, 0.4) is 0 Å². The van der Waals surface area contributed by atoms with Crippen molar-refractivity contribution in [3.8, 4) is 0 Å². The molecule has 8 heterocycles. The predicted octanol–water partition coefficient (Wildman–Crippen LogP) is 11.2. The van der Waals surface area contributed by atoms with E-state index in [4.69, 9.17) is 28.9 Å². The maximum atomic E-state index is 14.3. The molecule has 16 heteroatoms. The van der Waals surface area contributed by atoms with Crippen molar-refractivity contribution in [3.63, 3.8) is 0 Å². The molecule has 2 aromatic heterocycles. The van der Waals surface area contributed by atoms with Crippen molar-refractivity contribution in [2.75, 3.05) is 76.3 Å². The Kier molecular flexibility index (Phi) is 20.5. The summed E-state index contributed by atoms with van der Waals surface area (Å²) in [6, 6.07) is 22.3. The van der Waals surface area contributed by atoms with Crippen LogP contribution in [-0.4, -0.2) is 131 Å². The Morgan fingerprint density at radius 2 is 1.08 bits per heavy atom. The first-order valence-corrected chi connectivity index (χ1v) is 28.2. The monoisotopic (exact) mass is 1070 g/mol. The highest BCUT2D eigenvalue weighted by atomic mass is 19.1. The summed E-state index contributed by atoms with van der Waals surface area (Å²) in [4.78, 5) is 38.5. The number of aromatic nitrogens is 2. The summed E-state index contributed by atoms with van der Waals surface area (Å²) in [5.41, 5.74) is 5.38. The molecule has 4 aromatic rings. The second kappa shape index (κ2) is 27.2. The van der Waals surface area contributed by atoms with Crippen molar-refractivity contribution in [2.45, 2.75) is 172 Å². The highest BCUT2D eigenvalue weighted by Crippen LogP contribution is 2.41. The van der Waals surface area contributed by atoms with Gasteiger partial charge in [-0.3, -0.25) is 19.4 Å². The van der Waals surface area contributed by atoms with E-state index in [2.05, 4.69) is 34.9 Å². The van der Waals surface area contributed by atoms with E-state index in [-0.39, 0.29) is 45.1 Å². The number of benzene rings is 2. The van der Waals surface area contributed by atoms with E-state index >= 15 is 0 Å². The summed E-state index contributed by atoms with van der Waals surface area (Å²) in [5, 5.41) is 27.2. The Morgan fingerprint density at radius 3 is 1.48 bits per heavy atom. The van der Waals surface area contributed by atoms with Gasteiger partial charge in [0.2, 0.25) is 0 Å². The molecule has 10 rings (SSSR count). The number of alkyl halides is 2. The number of likely N-dealkylation sites (tertiary alicyclic amines) is 2. The van der Waals surface area contributed by atoms with Gasteiger partial charge in [0.1, 0.15) is 35.1 Å². The van der Waals surface area contributed by atoms with Crippen LogP contribution in [0.5, 0.6) is 0 Å². The topological polar surface area (TPSA) is 168 Å². The number of hydrogen-bond donors (Lipinski definition) is 4. The normalized spacial score (nSPS) is 26.1. The lowest BCUT2D eigenvalue weighted by molar-refractivity contribution is -0.144. The van der Waals surface area contributed by atoms with Crippen molar-refractivity contribution in [1.29, 1.82) is 0 Å². The van der Waals surface area contributed by atoms with E-state index in [1.807, 2.05) is 58.3 Å². The summed E-state index contributed by atoms with van der Waals surface area (Å²) in [7, 11) is 0. The molecule has 4 saturated heterocycles. The zero-order valence-electron chi connectivity index (χ0n) is 44.7. The molecule has 0 bridgehead atoms. The van der Waals surface area contributed by atoms with Crippen LogP contribution in [0.1, 0.15) is 167 Å². The van der Waals surface area contributed by atoms with Gasteiger partial charge in [-0.15, -0.1) is 0 Å². The summed E-state index contributed by atoms with van der Waals surface area (Å²) in [6.45, 7) is 8.98. The third kappa shape index (κ3) is 15.6. The fourth-order valence-corrected chi connectivity index (χ4v) is 11.9. The molecule has 8 atom stereocenters. The van der Waals surface area contributed by atoms with Crippen molar-refractivity contribution in [3.05, 3.63) is 118 Å². The second-order valence-corrected chi connectivity index (χ2v) is 22.4. The quantitative estimate of drug-likeness (QED) is 0.0617. The first kappa shape index (κ1) is 58.1. The smallest absolute Gasteiger partial charge is 0.325 e. The Labute approximate surface area is 455 Å². The minimum atomic E-state index is -1.33. The zero-order valence-corrected chi connectivity index (χ0v) is 44.7. The molecule has 0 spiro atoms. The minimum absolute atomic E-state index is 0. The molecule has 4 unspecified atom stereocenters. The zero-order chi connectivity index (χ0) is 53.1. The van der Waals surface area contributed by atoms with Crippen LogP contribution in [0.25, 0.3) is 0 Å². The number of aliphatic carboxylic acids is 2. The Bertz CT molecular complexity index is 2370. The highest BCUT2D eigenvalue weighted by Gasteiger charge is 2.40. The molecule has 2 aromatic carbocycles. The van der Waals surface area contributed by atoms with Crippen LogP contribution in [0.15, 0.2) is 72.8 Å². The number of anilines is 2. The molecular weight excluding hydrogens is 983 g/mol. The molecule has 6 aliphatic rings. The first-order valence-electron chi connectivity index (χ1n) is 28.2. The maximum absolute atomic E-state index is 14.3. The van der Waals surface area contributed by atoms with E-state index in [1.54, 1.807) is 13.8 Å². The number of nitrogens with zero attached hydrogens (tertiary/aromatic N) is 4. The van der Waals surface area contributed by atoms with E-state index in [9.17, 15) is 28.6 Å². The van der Waals surface area contributed by atoms with Gasteiger partial charge in [-0.25, -0.2) is 18.7 Å². The summed E-state index contributed by atoms with van der Waals surface area (Å²) in [5.74, 6) is 0.329. The van der Waals surface area contributed by atoms with Gasteiger partial charge in [0.25, 0.3) is 0 Å². The van der Waals surface area contributed by atoms with Gasteiger partial charge in [-0.2, -0.15) is 0 Å². The van der Waals surface area contributed by atoms with Crippen molar-refractivity contribution in [1.82, 2.24) is 19.8 Å². The average molecular weight is 1070 g/mol. The second-order valence-electron chi connectivity index (χ2n) is 22.4. The van der Waals surface area contributed by atoms with Crippen LogP contribution < -0.4 is 10.6 Å². The van der Waals surface area contributed by atoms with E-state index < -0.39 is 35.4 Å². The van der Waals surface area contributed by atoms with Crippen LogP contribution in [0.4, 0.5) is 20.4 Å². The number of hydrogen-bond acceptors (Lipinski definition) is 12. The van der Waals surface area contributed by atoms with Crippen LogP contribution in [-0.2, 0) is 54.2 Å². The number of pyridine rings is 2. The number of halogens is 2. The summed E-state index contributed by atoms with van der Waals surface area (Å²) in [6.07, 6.45) is 13.3. The van der Waals surface area contributed by atoms with Crippen LogP contribution in [0, 0.1) is 0 Å². The van der Waals surface area contributed by atoms with E-state index in [0.29, 0.717) is 65.1 Å². The molecule has 77 heavy (non-hydrogen) atoms. The molecule has 420 valence electrons. The van der Waals surface area contributed by atoms with Gasteiger partial charge in [-0.05, 0) is 162 Å². The minimum Gasteiger partial charge on any atom is -0.480 e. The highest BCUT2D eigenvalue weighted by molar-refractivity contribution is 5.77. The van der Waals surface area contributed by atoms with Gasteiger partial charge in [0, 0.05) is 63.9 Å². The van der Waals surface area contributed by atoms with Gasteiger partial charge in [0.15, 0.2) is 0 Å². The van der Waals surface area contributed by atoms with Gasteiger partial charge >= 0.3 is 11.9 Å². The summed E-state index contributed by atoms with van der Waals surface area (Å²) >= 11 is 0. The molecule has 0 aliphatic carbocycles. The molecule has 4 fully saturated rings. The fraction of sp³-hybridized carbons (Fsp3) is 0.607. The largest absolute Gasteiger partial charge is 0.480 e. The lowest BCUT2D eigenvalue weighted by Crippen LogP contribution is -2.36. The van der Waals surface area contributed by atoms with Crippen LogP contribution in [0.2, 0.25) is 0 Å². The predicted molar refractivity (Wildman–Crippen MR) is 295 cm³/mol. The number of carboxylic acids is 2. The number of carbonyl (C=O) groups is 2. The molecule has 4 N–H and O–H groups in total. The number of nitrogens with one attached hydrogen (secondary N) is 2. The van der Waals surface area contributed by atoms with Crippen molar-refractivity contribution >= 4 is 23.6 Å². The number of fused-ring (bicyclic) bond motifs is 2. The van der Waals surface area contributed by atoms with Crippen molar-refractivity contribution < 1.29 is 47.5 Å². The van der Waals surface area contributed by atoms with Crippen LogP contribution >= 0.6 is 0 Å². The first-order chi connectivity index (χ1) is 36.8. The number of carboxylic acid groups (broad SMARTS) is 2. The lowest BCUT2D eigenvalue weighted by Gasteiger charge is -2.34. The molecular formula is C61H84F2N6O8. The number of aryl methyl sites for hydroxylation is 4. The number of unbranched alkanes of at least 4 members (excludes halogenated alkanes) is 2. The van der Waals surface area contributed by atoms with Gasteiger partial charge in [0.05, 0.1) is 37.6 Å². The average Bonchev–Trinajstić information content (AvgIpc) is 4.09. The van der Waals surface area contributed by atoms with Gasteiger partial charge in [-0.1, -0.05) is 68.1 Å². The third-order valence-electron chi connectivity index (χ3n) is 16.1. The maximum Gasteiger partial charge on any atom is 0.325 e. The Balaban J connectivity index is 0.000000201. The van der Waals surface area contributed by atoms with Crippen molar-refractivity contribution in [2.24, 2.45) is 0 Å². The molecule has 6 aliphatic heterocycles. The molecule has 0 saturated carbocycles. The molecule has 14 nitrogen and oxygen atoms in total. The number of rotatable bonds is 20. The Hall–Kier alpha value is -5.10. The Morgan fingerprint density at radius 1 is 0.649 bits per heavy atom. The fourth-order valence-electron chi connectivity index (χ4n) is 11.9. The SMILES string of the molecule is C.CC1(F)CCC(c2ccccc2[C@@H](C(=O)O)N2CC[C@@H](OCCCCc3ccc4c(n3)NCCC4)C2)OC1.CC1(F)CCC(c2ccccc2[C@H](C(=O)O)N2CC[C@@H](OCCCCc3ccc4c(n3)NCCC4)C2)OC1. The molecule has 0 amide bonds. The van der Waals surface area contributed by atoms with Gasteiger partial charge < -0.3 is 39.8 Å². The van der Waals surface area contributed by atoms with E-state index in [1.165, 1.54) is 24.0 Å².